The molecule has 0 aliphatic rings. The van der Waals surface area contributed by atoms with Crippen LogP contribution in [-0.4, -0.2) is 33.0 Å². The second-order valence-electron chi connectivity index (χ2n) is 4.10. The fraction of sp³-hybridized carbons (Fsp3) is 0.154. The lowest BCUT2D eigenvalue weighted by Crippen LogP contribution is -2.48. The molecule has 1 aromatic carbocycles. The van der Waals surface area contributed by atoms with Gasteiger partial charge >= 0.3 is 5.97 Å². The van der Waals surface area contributed by atoms with Gasteiger partial charge in [-0.3, -0.25) is 14.8 Å². The number of hydrogen-bond donors (Lipinski definition) is 2. The van der Waals surface area contributed by atoms with Gasteiger partial charge < -0.3 is 5.11 Å². The van der Waals surface area contributed by atoms with Crippen LogP contribution in [0.25, 0.3) is 10.9 Å². The number of pyridine rings is 1. The van der Waals surface area contributed by atoms with E-state index in [0.29, 0.717) is 21.5 Å². The molecule has 3 N–H and O–H groups in total. The van der Waals surface area contributed by atoms with Gasteiger partial charge in [0.15, 0.2) is 0 Å². The van der Waals surface area contributed by atoms with Crippen molar-refractivity contribution in [2.24, 2.45) is 5.84 Å². The van der Waals surface area contributed by atoms with Gasteiger partial charge in [0.25, 0.3) is 5.91 Å². The Morgan fingerprint density at radius 1 is 1.32 bits per heavy atom. The van der Waals surface area contributed by atoms with E-state index in [1.54, 1.807) is 18.2 Å². The molecule has 0 aliphatic heterocycles. The smallest absolute Gasteiger partial charge is 0.327 e. The van der Waals surface area contributed by atoms with Gasteiger partial charge in [-0.25, -0.2) is 10.6 Å². The predicted molar refractivity (Wildman–Crippen MR) is 69.2 cm³/mol. The minimum absolute atomic E-state index is 0.334. The summed E-state index contributed by atoms with van der Waals surface area (Å²) in [7, 11) is 0. The van der Waals surface area contributed by atoms with E-state index in [9.17, 15) is 9.59 Å². The summed E-state index contributed by atoms with van der Waals surface area (Å²) in [4.78, 5) is 27.2. The number of hydrogen-bond acceptors (Lipinski definition) is 4. The Kier molecular flexibility index (Phi) is 3.43. The predicted octanol–water partition coefficient (Wildman–Crippen LogP) is 1.02. The van der Waals surface area contributed by atoms with Crippen molar-refractivity contribution in [1.82, 2.24) is 9.99 Å². The van der Waals surface area contributed by atoms with Gasteiger partial charge in [0.05, 0.1) is 11.1 Å². The second kappa shape index (κ2) is 5.03. The van der Waals surface area contributed by atoms with Crippen molar-refractivity contribution in [3.8, 4) is 0 Å². The quantitative estimate of drug-likeness (QED) is 0.487. The van der Waals surface area contributed by atoms with Crippen LogP contribution in [-0.2, 0) is 4.79 Å². The summed E-state index contributed by atoms with van der Waals surface area (Å²) in [5.74, 6) is 3.86. The fourth-order valence-corrected chi connectivity index (χ4v) is 1.72. The molecule has 1 aromatic heterocycles. The average molecular weight is 259 g/mol. The largest absolute Gasteiger partial charge is 0.480 e. The molecule has 1 amide bonds. The highest BCUT2D eigenvalue weighted by atomic mass is 16.4. The third-order valence-corrected chi connectivity index (χ3v) is 2.89. The first kappa shape index (κ1) is 13.0. The van der Waals surface area contributed by atoms with E-state index < -0.39 is 17.9 Å². The van der Waals surface area contributed by atoms with Crippen molar-refractivity contribution < 1.29 is 14.7 Å². The van der Waals surface area contributed by atoms with Crippen LogP contribution >= 0.6 is 0 Å². The lowest BCUT2D eigenvalue weighted by Gasteiger charge is -2.21. The number of aliphatic carboxylic acids is 1. The maximum atomic E-state index is 12.2. The van der Waals surface area contributed by atoms with Crippen molar-refractivity contribution in [3.05, 3.63) is 42.1 Å². The van der Waals surface area contributed by atoms with Crippen LogP contribution in [0.4, 0.5) is 0 Å². The Bertz CT molecular complexity index is 637. The standard InChI is InChI=1S/C13H13N3O3/c1-8(13(18)19)16(14)12(17)10-6-7-15-11-5-3-2-4-9(10)11/h2-8H,14H2,1H3,(H,18,19)/t8-/m0/s1. The van der Waals surface area contributed by atoms with E-state index in [2.05, 4.69) is 4.98 Å². The molecule has 1 heterocycles. The Balaban J connectivity index is 2.44. The number of carboxylic acids is 1. The molecule has 6 nitrogen and oxygen atoms in total. The minimum atomic E-state index is -1.16. The maximum Gasteiger partial charge on any atom is 0.327 e. The third kappa shape index (κ3) is 2.38. The van der Waals surface area contributed by atoms with Gasteiger partial charge in [-0.1, -0.05) is 18.2 Å². The molecule has 0 radical (unpaired) electrons. The monoisotopic (exact) mass is 259 g/mol. The topological polar surface area (TPSA) is 96.5 Å². The van der Waals surface area contributed by atoms with Crippen LogP contribution in [0.3, 0.4) is 0 Å². The zero-order valence-electron chi connectivity index (χ0n) is 10.3. The van der Waals surface area contributed by atoms with Gasteiger partial charge in [0.1, 0.15) is 6.04 Å². The summed E-state index contributed by atoms with van der Waals surface area (Å²) in [5, 5.41) is 10.2. The summed E-state index contributed by atoms with van der Waals surface area (Å²) in [6.07, 6.45) is 1.49. The zero-order valence-corrected chi connectivity index (χ0v) is 10.3. The normalized spacial score (nSPS) is 12.1. The molecule has 19 heavy (non-hydrogen) atoms. The maximum absolute atomic E-state index is 12.2. The molecule has 0 bridgehead atoms. The highest BCUT2D eigenvalue weighted by molar-refractivity contribution is 6.06. The highest BCUT2D eigenvalue weighted by Crippen LogP contribution is 2.17. The minimum Gasteiger partial charge on any atom is -0.480 e. The fourth-order valence-electron chi connectivity index (χ4n) is 1.72. The molecule has 6 heteroatoms. The molecule has 98 valence electrons. The molecule has 1 atom stereocenters. The number of amides is 1. The lowest BCUT2D eigenvalue weighted by atomic mass is 10.1. The Morgan fingerprint density at radius 3 is 2.68 bits per heavy atom. The summed E-state index contributed by atoms with van der Waals surface area (Å²) >= 11 is 0. The number of benzene rings is 1. The number of carbonyl (C=O) groups excluding carboxylic acids is 1. The number of carboxylic acid groups (broad SMARTS) is 1. The molecule has 0 fully saturated rings. The SMILES string of the molecule is C[C@@H](C(=O)O)N(N)C(=O)c1ccnc2ccccc12. The van der Waals surface area contributed by atoms with Gasteiger partial charge in [-0.2, -0.15) is 0 Å². The molecule has 0 unspecified atom stereocenters. The van der Waals surface area contributed by atoms with Crippen LogP contribution in [0, 0.1) is 0 Å². The third-order valence-electron chi connectivity index (χ3n) is 2.89. The first-order valence-corrected chi connectivity index (χ1v) is 5.67. The summed E-state index contributed by atoms with van der Waals surface area (Å²) in [5.41, 5.74) is 0.992. The number of nitrogens with two attached hydrogens (primary N) is 1. The van der Waals surface area contributed by atoms with E-state index in [-0.39, 0.29) is 0 Å². The number of rotatable bonds is 3. The number of hydrazine groups is 1. The Hall–Kier alpha value is -2.47. The van der Waals surface area contributed by atoms with Crippen LogP contribution in [0.15, 0.2) is 36.5 Å². The van der Waals surface area contributed by atoms with E-state index in [1.807, 2.05) is 6.07 Å². The zero-order chi connectivity index (χ0) is 14.0. The van der Waals surface area contributed by atoms with Crippen LogP contribution < -0.4 is 5.84 Å². The first-order valence-electron chi connectivity index (χ1n) is 5.67. The van der Waals surface area contributed by atoms with Crippen molar-refractivity contribution in [2.75, 3.05) is 0 Å². The molecule has 2 aromatic rings. The van der Waals surface area contributed by atoms with Crippen molar-refractivity contribution in [2.45, 2.75) is 13.0 Å². The molecular weight excluding hydrogens is 246 g/mol. The summed E-state index contributed by atoms with van der Waals surface area (Å²) < 4.78 is 0. The first-order chi connectivity index (χ1) is 9.02. The Labute approximate surface area is 109 Å². The van der Waals surface area contributed by atoms with Gasteiger partial charge in [-0.05, 0) is 19.1 Å². The van der Waals surface area contributed by atoms with Crippen LogP contribution in [0.1, 0.15) is 17.3 Å². The molecule has 0 saturated heterocycles. The van der Waals surface area contributed by atoms with Crippen LogP contribution in [0.5, 0.6) is 0 Å². The number of carbonyl (C=O) groups is 2. The van der Waals surface area contributed by atoms with E-state index in [1.165, 1.54) is 19.2 Å². The van der Waals surface area contributed by atoms with Gasteiger partial charge in [0.2, 0.25) is 0 Å². The van der Waals surface area contributed by atoms with Gasteiger partial charge in [0, 0.05) is 11.6 Å². The van der Waals surface area contributed by atoms with Crippen molar-refractivity contribution >= 4 is 22.8 Å². The number of para-hydroxylation sites is 1. The van der Waals surface area contributed by atoms with Crippen molar-refractivity contribution in [3.63, 3.8) is 0 Å². The van der Waals surface area contributed by atoms with Crippen LogP contribution in [0.2, 0.25) is 0 Å². The van der Waals surface area contributed by atoms with E-state index >= 15 is 0 Å². The second-order valence-corrected chi connectivity index (χ2v) is 4.10. The highest BCUT2D eigenvalue weighted by Gasteiger charge is 2.24. The van der Waals surface area contributed by atoms with Gasteiger partial charge in [-0.15, -0.1) is 0 Å². The van der Waals surface area contributed by atoms with E-state index in [4.69, 9.17) is 10.9 Å². The average Bonchev–Trinajstić information content (AvgIpc) is 2.44. The lowest BCUT2D eigenvalue weighted by molar-refractivity contribution is -0.141. The molecule has 2 rings (SSSR count). The number of nitrogens with zero attached hydrogens (tertiary/aromatic N) is 2. The molecule has 0 saturated carbocycles. The molecule has 0 aliphatic carbocycles. The molecule has 0 spiro atoms. The Morgan fingerprint density at radius 2 is 2.00 bits per heavy atom. The summed E-state index contributed by atoms with van der Waals surface area (Å²) in [6, 6.07) is 7.53. The molecular formula is C13H13N3O3. The number of aromatic nitrogens is 1. The van der Waals surface area contributed by atoms with Crippen molar-refractivity contribution in [1.29, 1.82) is 0 Å². The number of fused-ring (bicyclic) bond motifs is 1. The van der Waals surface area contributed by atoms with E-state index in [0.717, 1.165) is 0 Å². The summed E-state index contributed by atoms with van der Waals surface area (Å²) in [6.45, 7) is 1.35.